The molecule has 1 heterocycles. The molecule has 68 valence electrons. The summed E-state index contributed by atoms with van der Waals surface area (Å²) in [7, 11) is 0. The maximum Gasteiger partial charge on any atom is 0.240 e. The summed E-state index contributed by atoms with van der Waals surface area (Å²) in [5.74, 6) is 0. The van der Waals surface area contributed by atoms with E-state index in [9.17, 15) is 8.78 Å². The Hall–Kier alpha value is -0.860. The fraction of sp³-hybridized carbons (Fsp3) is 0.556. The second-order valence-electron chi connectivity index (χ2n) is 2.95. The highest BCUT2D eigenvalue weighted by molar-refractivity contribution is 5.13. The van der Waals surface area contributed by atoms with Crippen LogP contribution in [-0.2, 0) is 6.54 Å². The summed E-state index contributed by atoms with van der Waals surface area (Å²) in [5, 5.41) is 0. The van der Waals surface area contributed by atoms with E-state index in [4.69, 9.17) is 0 Å². The van der Waals surface area contributed by atoms with Crippen molar-refractivity contribution in [1.29, 1.82) is 0 Å². The van der Waals surface area contributed by atoms with Gasteiger partial charge in [-0.05, 0) is 26.0 Å². The number of halogens is 2. The van der Waals surface area contributed by atoms with Crippen molar-refractivity contribution in [1.82, 2.24) is 4.57 Å². The topological polar surface area (TPSA) is 4.93 Å². The highest BCUT2D eigenvalue weighted by Gasteiger charge is 2.05. The summed E-state index contributed by atoms with van der Waals surface area (Å²) >= 11 is 0. The van der Waals surface area contributed by atoms with Crippen LogP contribution in [0.5, 0.6) is 0 Å². The maximum absolute atomic E-state index is 11.9. The van der Waals surface area contributed by atoms with Gasteiger partial charge in [0.2, 0.25) is 6.43 Å². The lowest BCUT2D eigenvalue weighted by atomic mass is 10.4. The second kappa shape index (κ2) is 3.70. The molecule has 0 spiro atoms. The van der Waals surface area contributed by atoms with Crippen LogP contribution in [0.1, 0.15) is 17.8 Å². The molecule has 0 saturated carbocycles. The van der Waals surface area contributed by atoms with E-state index in [0.29, 0.717) is 6.54 Å². The fourth-order valence-electron chi connectivity index (χ4n) is 1.28. The lowest BCUT2D eigenvalue weighted by molar-refractivity contribution is 0.131. The van der Waals surface area contributed by atoms with E-state index in [1.165, 1.54) is 0 Å². The minimum absolute atomic E-state index is 0.0592. The van der Waals surface area contributed by atoms with Crippen molar-refractivity contribution in [3.05, 3.63) is 23.5 Å². The lowest BCUT2D eigenvalue weighted by Crippen LogP contribution is -2.05. The molecule has 0 bridgehead atoms. The van der Waals surface area contributed by atoms with Crippen LogP contribution < -0.4 is 0 Å². The Bertz CT molecular complexity index is 234. The fourth-order valence-corrected chi connectivity index (χ4v) is 1.28. The normalized spacial score (nSPS) is 11.1. The average molecular weight is 173 g/mol. The van der Waals surface area contributed by atoms with Crippen LogP contribution in [0.25, 0.3) is 0 Å². The molecular formula is C9H13F2N. The first-order valence-electron chi connectivity index (χ1n) is 4.02. The maximum atomic E-state index is 11.9. The second-order valence-corrected chi connectivity index (χ2v) is 2.95. The molecule has 0 unspecified atom stereocenters. The van der Waals surface area contributed by atoms with Crippen LogP contribution in [0.4, 0.5) is 8.78 Å². The molecule has 3 heteroatoms. The minimum atomic E-state index is -2.20. The van der Waals surface area contributed by atoms with E-state index in [1.807, 2.05) is 30.5 Å². The standard InChI is InChI=1S/C9H13F2N/c1-7-3-4-8(2)12(7)6-5-9(10)11/h3-4,9H,5-6H2,1-2H3. The van der Waals surface area contributed by atoms with Crippen LogP contribution in [0, 0.1) is 13.8 Å². The smallest absolute Gasteiger partial charge is 0.240 e. The number of aromatic nitrogens is 1. The predicted octanol–water partition coefficient (Wildman–Crippen LogP) is 2.76. The first kappa shape index (κ1) is 9.23. The first-order valence-corrected chi connectivity index (χ1v) is 4.02. The van der Waals surface area contributed by atoms with Crippen molar-refractivity contribution in [2.75, 3.05) is 0 Å². The summed E-state index contributed by atoms with van der Waals surface area (Å²) < 4.78 is 25.7. The zero-order chi connectivity index (χ0) is 9.14. The van der Waals surface area contributed by atoms with Crippen LogP contribution in [0.3, 0.4) is 0 Å². The molecule has 0 radical (unpaired) electrons. The lowest BCUT2D eigenvalue weighted by Gasteiger charge is -2.07. The molecule has 1 aromatic rings. The molecule has 0 fully saturated rings. The molecule has 12 heavy (non-hydrogen) atoms. The number of rotatable bonds is 3. The zero-order valence-electron chi connectivity index (χ0n) is 7.35. The molecule has 0 aliphatic rings. The average Bonchev–Trinajstić information content (AvgIpc) is 2.28. The van der Waals surface area contributed by atoms with Crippen molar-refractivity contribution in [2.45, 2.75) is 33.2 Å². The van der Waals surface area contributed by atoms with Crippen molar-refractivity contribution in [3.8, 4) is 0 Å². The van der Waals surface area contributed by atoms with Crippen molar-refractivity contribution in [2.24, 2.45) is 0 Å². The predicted molar refractivity (Wildman–Crippen MR) is 44.5 cm³/mol. The highest BCUT2D eigenvalue weighted by atomic mass is 19.3. The molecule has 0 N–H and O–H groups in total. The van der Waals surface area contributed by atoms with Crippen LogP contribution >= 0.6 is 0 Å². The monoisotopic (exact) mass is 173 g/mol. The minimum Gasteiger partial charge on any atom is -0.349 e. The number of nitrogens with zero attached hydrogens (tertiary/aromatic N) is 1. The van der Waals surface area contributed by atoms with Gasteiger partial charge in [0.15, 0.2) is 0 Å². The molecule has 0 aliphatic carbocycles. The van der Waals surface area contributed by atoms with Crippen molar-refractivity contribution in [3.63, 3.8) is 0 Å². The van der Waals surface area contributed by atoms with Gasteiger partial charge in [0.1, 0.15) is 0 Å². The molecule has 1 aromatic heterocycles. The van der Waals surface area contributed by atoms with Gasteiger partial charge in [-0.15, -0.1) is 0 Å². The van der Waals surface area contributed by atoms with Gasteiger partial charge in [-0.25, -0.2) is 8.78 Å². The molecule has 0 atom stereocenters. The Morgan fingerprint density at radius 2 is 1.75 bits per heavy atom. The largest absolute Gasteiger partial charge is 0.349 e. The van der Waals surface area contributed by atoms with E-state index in [1.54, 1.807) is 0 Å². The van der Waals surface area contributed by atoms with Gasteiger partial charge < -0.3 is 4.57 Å². The molecule has 1 rings (SSSR count). The van der Waals surface area contributed by atoms with E-state index in [2.05, 4.69) is 0 Å². The molecule has 0 aliphatic heterocycles. The Kier molecular flexibility index (Phi) is 2.84. The third kappa shape index (κ3) is 2.06. The van der Waals surface area contributed by atoms with Crippen LogP contribution in [-0.4, -0.2) is 11.0 Å². The van der Waals surface area contributed by atoms with Crippen molar-refractivity contribution >= 4 is 0 Å². The SMILES string of the molecule is Cc1ccc(C)n1CCC(F)F. The first-order chi connectivity index (χ1) is 5.61. The van der Waals surface area contributed by atoms with Crippen molar-refractivity contribution < 1.29 is 8.78 Å². The molecule has 1 nitrogen and oxygen atoms in total. The number of alkyl halides is 2. The van der Waals surface area contributed by atoms with Gasteiger partial charge in [-0.3, -0.25) is 0 Å². The van der Waals surface area contributed by atoms with E-state index < -0.39 is 6.43 Å². The van der Waals surface area contributed by atoms with Crippen LogP contribution in [0.15, 0.2) is 12.1 Å². The number of aryl methyl sites for hydroxylation is 2. The Balaban J connectivity index is 2.62. The summed E-state index contributed by atoms with van der Waals surface area (Å²) in [5.41, 5.74) is 2.10. The number of hydrogen-bond donors (Lipinski definition) is 0. The van der Waals surface area contributed by atoms with Gasteiger partial charge in [0.05, 0.1) is 0 Å². The van der Waals surface area contributed by atoms with Gasteiger partial charge in [-0.2, -0.15) is 0 Å². The molecular weight excluding hydrogens is 160 g/mol. The van der Waals surface area contributed by atoms with Crippen LogP contribution in [0.2, 0.25) is 0 Å². The summed E-state index contributed by atoms with van der Waals surface area (Å²) in [4.78, 5) is 0. The third-order valence-electron chi connectivity index (χ3n) is 1.99. The van der Waals surface area contributed by atoms with Gasteiger partial charge in [0, 0.05) is 24.4 Å². The Morgan fingerprint density at radius 1 is 1.25 bits per heavy atom. The summed E-state index contributed by atoms with van der Waals surface area (Å²) in [6.07, 6.45) is -2.26. The molecule has 0 amide bonds. The summed E-state index contributed by atoms with van der Waals surface area (Å²) in [6.45, 7) is 4.28. The van der Waals surface area contributed by atoms with Gasteiger partial charge in [0.25, 0.3) is 0 Å². The molecule has 0 saturated heterocycles. The van der Waals surface area contributed by atoms with Gasteiger partial charge in [-0.1, -0.05) is 0 Å². The summed E-state index contributed by atoms with van der Waals surface area (Å²) in [6, 6.07) is 3.89. The quantitative estimate of drug-likeness (QED) is 0.662. The zero-order valence-corrected chi connectivity index (χ0v) is 7.35. The van der Waals surface area contributed by atoms with E-state index in [-0.39, 0.29) is 6.42 Å². The number of hydrogen-bond acceptors (Lipinski definition) is 0. The highest BCUT2D eigenvalue weighted by Crippen LogP contribution is 2.10. The van der Waals surface area contributed by atoms with E-state index in [0.717, 1.165) is 11.4 Å². The van der Waals surface area contributed by atoms with E-state index >= 15 is 0 Å². The van der Waals surface area contributed by atoms with Gasteiger partial charge >= 0.3 is 0 Å². The molecule has 0 aromatic carbocycles. The Morgan fingerprint density at radius 3 is 2.17 bits per heavy atom. The third-order valence-corrected chi connectivity index (χ3v) is 1.99. The Labute approximate surface area is 71.0 Å².